The number of carbonyl (C=O) groups is 3. The molecule has 0 aliphatic rings. The first-order valence-electron chi connectivity index (χ1n) is 8.49. The van der Waals surface area contributed by atoms with Gasteiger partial charge in [0, 0.05) is 24.7 Å². The van der Waals surface area contributed by atoms with Gasteiger partial charge >= 0.3 is 0 Å². The molecule has 0 spiro atoms. The Balaban J connectivity index is 2.07. The Morgan fingerprint density at radius 1 is 1.00 bits per heavy atom. The standard InChI is InChI=1S/C20H23N3O3/c1-3-21-20(26)16-10-7-11-17(12-16)23-19(25)13-18(22-14(2)24)15-8-5-4-6-9-15/h4-12,18H,3,13H2,1-2H3,(H,21,26)(H,22,24)(H,23,25). The number of amides is 3. The average Bonchev–Trinajstić information content (AvgIpc) is 2.62. The minimum absolute atomic E-state index is 0.0922. The second kappa shape index (κ2) is 9.36. The fraction of sp³-hybridized carbons (Fsp3) is 0.250. The molecule has 1 unspecified atom stereocenters. The maximum absolute atomic E-state index is 12.4. The smallest absolute Gasteiger partial charge is 0.251 e. The van der Waals surface area contributed by atoms with E-state index in [4.69, 9.17) is 0 Å². The summed E-state index contributed by atoms with van der Waals surface area (Å²) >= 11 is 0. The lowest BCUT2D eigenvalue weighted by Gasteiger charge is -2.18. The van der Waals surface area contributed by atoms with Gasteiger partial charge in [0.05, 0.1) is 12.5 Å². The van der Waals surface area contributed by atoms with Crippen molar-refractivity contribution in [2.45, 2.75) is 26.3 Å². The molecule has 26 heavy (non-hydrogen) atoms. The molecular formula is C20H23N3O3. The monoisotopic (exact) mass is 353 g/mol. The molecule has 0 saturated heterocycles. The number of carbonyl (C=O) groups excluding carboxylic acids is 3. The summed E-state index contributed by atoms with van der Waals surface area (Å²) in [4.78, 5) is 35.8. The van der Waals surface area contributed by atoms with Crippen molar-refractivity contribution in [3.8, 4) is 0 Å². The van der Waals surface area contributed by atoms with E-state index in [0.717, 1.165) is 5.56 Å². The molecule has 6 nitrogen and oxygen atoms in total. The van der Waals surface area contributed by atoms with Crippen LogP contribution in [-0.4, -0.2) is 24.3 Å². The lowest BCUT2D eigenvalue weighted by atomic mass is 10.0. The maximum Gasteiger partial charge on any atom is 0.251 e. The van der Waals surface area contributed by atoms with Crippen molar-refractivity contribution in [3.05, 3.63) is 65.7 Å². The van der Waals surface area contributed by atoms with Crippen LogP contribution in [0.5, 0.6) is 0 Å². The van der Waals surface area contributed by atoms with Crippen LogP contribution in [0.3, 0.4) is 0 Å². The van der Waals surface area contributed by atoms with Gasteiger partial charge in [-0.1, -0.05) is 36.4 Å². The number of hydrogen-bond acceptors (Lipinski definition) is 3. The third-order valence-electron chi connectivity index (χ3n) is 3.71. The number of hydrogen-bond donors (Lipinski definition) is 3. The van der Waals surface area contributed by atoms with E-state index in [2.05, 4.69) is 16.0 Å². The second-order valence-corrected chi connectivity index (χ2v) is 5.86. The van der Waals surface area contributed by atoms with E-state index in [1.807, 2.05) is 37.3 Å². The third-order valence-corrected chi connectivity index (χ3v) is 3.71. The van der Waals surface area contributed by atoms with Gasteiger partial charge in [0.15, 0.2) is 0 Å². The molecule has 2 aromatic carbocycles. The Bertz CT molecular complexity index is 775. The van der Waals surface area contributed by atoms with E-state index in [1.54, 1.807) is 24.3 Å². The van der Waals surface area contributed by atoms with Crippen LogP contribution in [0.2, 0.25) is 0 Å². The van der Waals surface area contributed by atoms with Crippen molar-refractivity contribution >= 4 is 23.4 Å². The molecule has 0 bridgehead atoms. The number of rotatable bonds is 7. The summed E-state index contributed by atoms with van der Waals surface area (Å²) in [7, 11) is 0. The maximum atomic E-state index is 12.4. The van der Waals surface area contributed by atoms with Crippen molar-refractivity contribution in [2.24, 2.45) is 0 Å². The summed E-state index contributed by atoms with van der Waals surface area (Å²) in [6, 6.07) is 15.6. The molecule has 2 rings (SSSR count). The summed E-state index contributed by atoms with van der Waals surface area (Å²) in [5.74, 6) is -0.644. The Morgan fingerprint density at radius 2 is 1.73 bits per heavy atom. The zero-order valence-electron chi connectivity index (χ0n) is 14.9. The lowest BCUT2D eigenvalue weighted by molar-refractivity contribution is -0.120. The summed E-state index contributed by atoms with van der Waals surface area (Å²) in [5, 5.41) is 8.30. The Hall–Kier alpha value is -3.15. The first-order chi connectivity index (χ1) is 12.5. The minimum atomic E-state index is -0.416. The van der Waals surface area contributed by atoms with Gasteiger partial charge in [-0.15, -0.1) is 0 Å². The highest BCUT2D eigenvalue weighted by atomic mass is 16.2. The third kappa shape index (κ3) is 5.73. The van der Waals surface area contributed by atoms with E-state index >= 15 is 0 Å². The molecule has 2 aromatic rings. The molecule has 0 fully saturated rings. The molecule has 6 heteroatoms. The molecule has 0 radical (unpaired) electrons. The molecule has 0 aliphatic carbocycles. The van der Waals surface area contributed by atoms with E-state index in [1.165, 1.54) is 6.92 Å². The summed E-state index contributed by atoms with van der Waals surface area (Å²) in [6.07, 6.45) is 0.0922. The van der Waals surface area contributed by atoms with E-state index in [-0.39, 0.29) is 24.1 Å². The van der Waals surface area contributed by atoms with Crippen LogP contribution in [0.25, 0.3) is 0 Å². The van der Waals surface area contributed by atoms with Crippen molar-refractivity contribution in [1.82, 2.24) is 10.6 Å². The molecular weight excluding hydrogens is 330 g/mol. The van der Waals surface area contributed by atoms with Gasteiger partial charge in [0.25, 0.3) is 5.91 Å². The van der Waals surface area contributed by atoms with Gasteiger partial charge < -0.3 is 16.0 Å². The molecule has 1 atom stereocenters. The quantitative estimate of drug-likeness (QED) is 0.715. The van der Waals surface area contributed by atoms with Crippen LogP contribution in [0.15, 0.2) is 54.6 Å². The van der Waals surface area contributed by atoms with E-state index < -0.39 is 6.04 Å². The fourth-order valence-corrected chi connectivity index (χ4v) is 2.58. The fourth-order valence-electron chi connectivity index (χ4n) is 2.58. The van der Waals surface area contributed by atoms with Crippen molar-refractivity contribution < 1.29 is 14.4 Å². The molecule has 0 heterocycles. The predicted molar refractivity (Wildman–Crippen MR) is 101 cm³/mol. The van der Waals surface area contributed by atoms with Gasteiger partial charge in [-0.3, -0.25) is 14.4 Å². The van der Waals surface area contributed by atoms with Crippen molar-refractivity contribution in [3.63, 3.8) is 0 Å². The van der Waals surface area contributed by atoms with Gasteiger partial charge in [0.2, 0.25) is 11.8 Å². The first-order valence-corrected chi connectivity index (χ1v) is 8.49. The first kappa shape index (κ1) is 19.2. The normalized spacial score (nSPS) is 11.3. The van der Waals surface area contributed by atoms with Gasteiger partial charge in [-0.2, -0.15) is 0 Å². The predicted octanol–water partition coefficient (Wildman–Crippen LogP) is 2.64. The molecule has 0 aromatic heterocycles. The summed E-state index contributed by atoms with van der Waals surface area (Å²) in [6.45, 7) is 3.80. The highest BCUT2D eigenvalue weighted by molar-refractivity contribution is 5.97. The molecule has 136 valence electrons. The van der Waals surface area contributed by atoms with E-state index in [9.17, 15) is 14.4 Å². The summed E-state index contributed by atoms with van der Waals surface area (Å²) < 4.78 is 0. The zero-order chi connectivity index (χ0) is 18.9. The van der Waals surface area contributed by atoms with Crippen LogP contribution in [0.4, 0.5) is 5.69 Å². The lowest BCUT2D eigenvalue weighted by Crippen LogP contribution is -2.29. The van der Waals surface area contributed by atoms with Crippen molar-refractivity contribution in [2.75, 3.05) is 11.9 Å². The highest BCUT2D eigenvalue weighted by Gasteiger charge is 2.17. The Morgan fingerprint density at radius 3 is 2.38 bits per heavy atom. The number of nitrogens with one attached hydrogen (secondary N) is 3. The topological polar surface area (TPSA) is 87.3 Å². The van der Waals surface area contributed by atoms with Crippen LogP contribution in [-0.2, 0) is 9.59 Å². The van der Waals surface area contributed by atoms with Gasteiger partial charge in [0.1, 0.15) is 0 Å². The number of benzene rings is 2. The summed E-state index contributed by atoms with van der Waals surface area (Å²) in [5.41, 5.74) is 1.87. The molecule has 3 N–H and O–H groups in total. The largest absolute Gasteiger partial charge is 0.352 e. The van der Waals surface area contributed by atoms with Crippen LogP contribution >= 0.6 is 0 Å². The molecule has 3 amide bonds. The second-order valence-electron chi connectivity index (χ2n) is 5.86. The molecule has 0 aliphatic heterocycles. The zero-order valence-corrected chi connectivity index (χ0v) is 14.9. The Labute approximate surface area is 153 Å². The van der Waals surface area contributed by atoms with Gasteiger partial charge in [-0.05, 0) is 30.7 Å². The SMILES string of the molecule is CCNC(=O)c1cccc(NC(=O)CC(NC(C)=O)c2ccccc2)c1. The van der Waals surface area contributed by atoms with Crippen LogP contribution in [0.1, 0.15) is 42.2 Å². The van der Waals surface area contributed by atoms with Crippen molar-refractivity contribution in [1.29, 1.82) is 0 Å². The highest BCUT2D eigenvalue weighted by Crippen LogP contribution is 2.18. The minimum Gasteiger partial charge on any atom is -0.352 e. The van der Waals surface area contributed by atoms with Gasteiger partial charge in [-0.25, -0.2) is 0 Å². The number of anilines is 1. The van der Waals surface area contributed by atoms with Crippen LogP contribution in [0, 0.1) is 0 Å². The van der Waals surface area contributed by atoms with E-state index in [0.29, 0.717) is 17.8 Å². The molecule has 0 saturated carbocycles. The Kier molecular flexibility index (Phi) is 6.91. The van der Waals surface area contributed by atoms with Crippen LogP contribution < -0.4 is 16.0 Å². The average molecular weight is 353 g/mol.